The van der Waals surface area contributed by atoms with Crippen LogP contribution in [0, 0.1) is 23.2 Å². The molecule has 1 heterocycles. The van der Waals surface area contributed by atoms with Crippen LogP contribution in [0.5, 0.6) is 0 Å². The Morgan fingerprint density at radius 1 is 1.18 bits per heavy atom. The lowest BCUT2D eigenvalue weighted by molar-refractivity contribution is 0.126. The lowest BCUT2D eigenvalue weighted by atomic mass is 9.98. The molecule has 0 unspecified atom stereocenters. The Kier molecular flexibility index (Phi) is 4.25. The van der Waals surface area contributed by atoms with Gasteiger partial charge in [-0.05, 0) is 32.6 Å². The van der Waals surface area contributed by atoms with E-state index in [9.17, 15) is 5.11 Å². The number of aromatic nitrogens is 2. The van der Waals surface area contributed by atoms with E-state index in [0.717, 1.165) is 5.56 Å². The van der Waals surface area contributed by atoms with E-state index in [2.05, 4.69) is 21.8 Å². The summed E-state index contributed by atoms with van der Waals surface area (Å²) in [6.45, 7) is 10.0. The van der Waals surface area contributed by atoms with E-state index < -0.39 is 6.10 Å². The van der Waals surface area contributed by atoms with Crippen molar-refractivity contribution in [2.24, 2.45) is 11.3 Å². The number of hydrogen-bond acceptors (Lipinski definition) is 3. The second-order valence-corrected chi connectivity index (χ2v) is 5.53. The standard InChI is InChI=1S/C14H20N2O/c1-10(2)13(17)11-8-15-12(16-9-11)6-7-14(3,4)5/h8-10,13,17H,1-5H3/t13-/m1/s1. The van der Waals surface area contributed by atoms with Crippen LogP contribution in [0.25, 0.3) is 0 Å². The fraction of sp³-hybridized carbons (Fsp3) is 0.571. The predicted molar refractivity (Wildman–Crippen MR) is 68.2 cm³/mol. The zero-order valence-corrected chi connectivity index (χ0v) is 11.2. The second kappa shape index (κ2) is 5.29. The van der Waals surface area contributed by atoms with Gasteiger partial charge in [-0.25, -0.2) is 9.97 Å². The Morgan fingerprint density at radius 2 is 1.71 bits per heavy atom. The molecule has 0 amide bonds. The van der Waals surface area contributed by atoms with Crippen molar-refractivity contribution in [2.45, 2.75) is 40.7 Å². The Labute approximate surface area is 103 Å². The first-order chi connectivity index (χ1) is 7.79. The Bertz CT molecular complexity index is 418. The molecular formula is C14H20N2O. The molecule has 0 bridgehead atoms. The van der Waals surface area contributed by atoms with Gasteiger partial charge in [-0.3, -0.25) is 0 Å². The van der Waals surface area contributed by atoms with E-state index in [1.165, 1.54) is 0 Å². The van der Waals surface area contributed by atoms with Crippen LogP contribution >= 0.6 is 0 Å². The topological polar surface area (TPSA) is 46.0 Å². The summed E-state index contributed by atoms with van der Waals surface area (Å²) in [6, 6.07) is 0. The van der Waals surface area contributed by atoms with Crippen molar-refractivity contribution in [3.05, 3.63) is 23.8 Å². The third-order valence-corrected chi connectivity index (χ3v) is 2.19. The van der Waals surface area contributed by atoms with Crippen molar-refractivity contribution in [2.75, 3.05) is 0 Å². The van der Waals surface area contributed by atoms with Gasteiger partial charge in [0.25, 0.3) is 0 Å². The molecule has 3 nitrogen and oxygen atoms in total. The average molecular weight is 232 g/mol. The molecule has 0 aliphatic carbocycles. The lowest BCUT2D eigenvalue weighted by Gasteiger charge is -2.13. The van der Waals surface area contributed by atoms with Gasteiger partial charge >= 0.3 is 0 Å². The molecule has 92 valence electrons. The minimum Gasteiger partial charge on any atom is -0.388 e. The number of aliphatic hydroxyl groups is 1. The third kappa shape index (κ3) is 4.54. The van der Waals surface area contributed by atoms with Crippen LogP contribution in [0.2, 0.25) is 0 Å². The molecule has 0 saturated carbocycles. The zero-order valence-electron chi connectivity index (χ0n) is 11.2. The summed E-state index contributed by atoms with van der Waals surface area (Å²) in [6.07, 6.45) is 2.77. The SMILES string of the molecule is CC(C)[C@@H](O)c1cnc(C#CC(C)(C)C)nc1. The van der Waals surface area contributed by atoms with Gasteiger partial charge in [-0.15, -0.1) is 0 Å². The first-order valence-corrected chi connectivity index (χ1v) is 5.83. The minimum absolute atomic E-state index is 0.0561. The predicted octanol–water partition coefficient (Wildman–Crippen LogP) is 2.56. The largest absolute Gasteiger partial charge is 0.388 e. The maximum absolute atomic E-state index is 9.83. The van der Waals surface area contributed by atoms with Crippen LogP contribution in [0.3, 0.4) is 0 Å². The Hall–Kier alpha value is -1.40. The van der Waals surface area contributed by atoms with Crippen molar-refractivity contribution in [1.29, 1.82) is 0 Å². The van der Waals surface area contributed by atoms with E-state index in [-0.39, 0.29) is 11.3 Å². The lowest BCUT2D eigenvalue weighted by Crippen LogP contribution is -2.07. The van der Waals surface area contributed by atoms with Gasteiger partial charge in [0.1, 0.15) is 0 Å². The van der Waals surface area contributed by atoms with E-state index in [1.807, 2.05) is 34.6 Å². The molecule has 0 saturated heterocycles. The van der Waals surface area contributed by atoms with Crippen LogP contribution in [0.15, 0.2) is 12.4 Å². The Balaban J connectivity index is 2.84. The van der Waals surface area contributed by atoms with Crippen LogP contribution in [-0.2, 0) is 0 Å². The highest BCUT2D eigenvalue weighted by atomic mass is 16.3. The van der Waals surface area contributed by atoms with Crippen LogP contribution < -0.4 is 0 Å². The maximum Gasteiger partial charge on any atom is 0.204 e. The zero-order chi connectivity index (χ0) is 13.1. The normalized spacial score (nSPS) is 13.1. The highest BCUT2D eigenvalue weighted by Gasteiger charge is 2.12. The van der Waals surface area contributed by atoms with E-state index in [4.69, 9.17) is 0 Å². The maximum atomic E-state index is 9.83. The summed E-state index contributed by atoms with van der Waals surface area (Å²) in [5.74, 6) is 6.66. The van der Waals surface area contributed by atoms with E-state index in [0.29, 0.717) is 5.82 Å². The molecular weight excluding hydrogens is 212 g/mol. The molecule has 0 fully saturated rings. The quantitative estimate of drug-likeness (QED) is 0.797. The molecule has 1 N–H and O–H groups in total. The number of aliphatic hydroxyl groups excluding tert-OH is 1. The van der Waals surface area contributed by atoms with E-state index in [1.54, 1.807) is 12.4 Å². The summed E-state index contributed by atoms with van der Waals surface area (Å²) >= 11 is 0. The van der Waals surface area contributed by atoms with Gasteiger partial charge in [0.05, 0.1) is 6.10 Å². The van der Waals surface area contributed by atoms with Gasteiger partial charge in [-0.2, -0.15) is 0 Å². The van der Waals surface area contributed by atoms with Crippen molar-refractivity contribution in [3.63, 3.8) is 0 Å². The summed E-state index contributed by atoms with van der Waals surface area (Å²) in [4.78, 5) is 8.28. The van der Waals surface area contributed by atoms with Crippen molar-refractivity contribution in [1.82, 2.24) is 9.97 Å². The first-order valence-electron chi connectivity index (χ1n) is 5.83. The monoisotopic (exact) mass is 232 g/mol. The molecule has 3 heteroatoms. The molecule has 1 atom stereocenters. The van der Waals surface area contributed by atoms with Crippen molar-refractivity contribution in [3.8, 4) is 11.8 Å². The van der Waals surface area contributed by atoms with E-state index >= 15 is 0 Å². The fourth-order valence-electron chi connectivity index (χ4n) is 1.18. The van der Waals surface area contributed by atoms with Gasteiger partial charge in [0, 0.05) is 23.4 Å². The summed E-state index contributed by atoms with van der Waals surface area (Å²) in [5.41, 5.74) is 0.681. The molecule has 1 aromatic heterocycles. The molecule has 0 aliphatic heterocycles. The number of rotatable bonds is 2. The molecule has 0 radical (unpaired) electrons. The molecule has 1 rings (SSSR count). The van der Waals surface area contributed by atoms with Crippen LogP contribution in [0.1, 0.15) is 52.1 Å². The second-order valence-electron chi connectivity index (χ2n) is 5.53. The van der Waals surface area contributed by atoms with Crippen molar-refractivity contribution >= 4 is 0 Å². The van der Waals surface area contributed by atoms with Gasteiger partial charge in [0.2, 0.25) is 5.82 Å². The van der Waals surface area contributed by atoms with Crippen LogP contribution in [-0.4, -0.2) is 15.1 Å². The molecule has 1 aromatic rings. The van der Waals surface area contributed by atoms with Gasteiger partial charge in [-0.1, -0.05) is 19.8 Å². The highest BCUT2D eigenvalue weighted by Crippen LogP contribution is 2.19. The van der Waals surface area contributed by atoms with Crippen molar-refractivity contribution < 1.29 is 5.11 Å². The smallest absolute Gasteiger partial charge is 0.204 e. The Morgan fingerprint density at radius 3 is 2.12 bits per heavy atom. The molecule has 17 heavy (non-hydrogen) atoms. The van der Waals surface area contributed by atoms with Gasteiger partial charge in [0.15, 0.2) is 0 Å². The van der Waals surface area contributed by atoms with Gasteiger partial charge < -0.3 is 5.11 Å². The average Bonchev–Trinajstić information content (AvgIpc) is 2.25. The molecule has 0 aromatic carbocycles. The molecule has 0 spiro atoms. The minimum atomic E-state index is -0.514. The summed E-state index contributed by atoms with van der Waals surface area (Å²) in [5, 5.41) is 9.83. The first kappa shape index (κ1) is 13.7. The highest BCUT2D eigenvalue weighted by molar-refractivity contribution is 5.24. The molecule has 0 aliphatic rings. The number of nitrogens with zero attached hydrogens (tertiary/aromatic N) is 2. The summed E-state index contributed by atoms with van der Waals surface area (Å²) in [7, 11) is 0. The van der Waals surface area contributed by atoms with Crippen LogP contribution in [0.4, 0.5) is 0 Å². The third-order valence-electron chi connectivity index (χ3n) is 2.19. The number of hydrogen-bond donors (Lipinski definition) is 1. The summed E-state index contributed by atoms with van der Waals surface area (Å²) < 4.78 is 0. The fourth-order valence-corrected chi connectivity index (χ4v) is 1.18.